The highest BCUT2D eigenvalue weighted by atomic mass is 32.1. The van der Waals surface area contributed by atoms with E-state index in [0.717, 1.165) is 46.2 Å². The van der Waals surface area contributed by atoms with E-state index in [2.05, 4.69) is 10.6 Å². The van der Waals surface area contributed by atoms with E-state index in [4.69, 9.17) is 27.1 Å². The molecule has 3 aromatic carbocycles. The molecule has 0 radical (unpaired) electrons. The topological polar surface area (TPSA) is 36.3 Å². The Morgan fingerprint density at radius 2 is 1.50 bits per heavy atom. The molecule has 5 heteroatoms. The molecule has 4 rings (SSSR count). The SMILES string of the molecule is [S-]c1ccc(OCCCn2c(COc3ccccc3)nc3ccccc32)cc1. The van der Waals surface area contributed by atoms with Crippen LogP contribution in [-0.2, 0) is 25.8 Å². The van der Waals surface area contributed by atoms with Crippen LogP contribution in [0.2, 0.25) is 0 Å². The Hall–Kier alpha value is -3.05. The Labute approximate surface area is 170 Å². The fraction of sp³-hybridized carbons (Fsp3) is 0.174. The first-order chi connectivity index (χ1) is 13.8. The Morgan fingerprint density at radius 1 is 0.786 bits per heavy atom. The number of rotatable bonds is 8. The normalized spacial score (nSPS) is 10.9. The number of nitrogens with zero attached hydrogens (tertiary/aromatic N) is 2. The highest BCUT2D eigenvalue weighted by Crippen LogP contribution is 2.19. The Morgan fingerprint density at radius 3 is 2.32 bits per heavy atom. The van der Waals surface area contributed by atoms with E-state index in [1.54, 1.807) is 0 Å². The van der Waals surface area contributed by atoms with Crippen molar-refractivity contribution < 1.29 is 9.47 Å². The molecule has 0 amide bonds. The summed E-state index contributed by atoms with van der Waals surface area (Å²) in [6.07, 6.45) is 0.869. The van der Waals surface area contributed by atoms with Gasteiger partial charge in [-0.2, -0.15) is 4.90 Å². The third-order valence-electron chi connectivity index (χ3n) is 4.46. The van der Waals surface area contributed by atoms with E-state index in [0.29, 0.717) is 13.2 Å². The highest BCUT2D eigenvalue weighted by Gasteiger charge is 2.11. The van der Waals surface area contributed by atoms with Gasteiger partial charge < -0.3 is 26.7 Å². The van der Waals surface area contributed by atoms with E-state index in [1.165, 1.54) is 0 Å². The molecule has 0 aliphatic carbocycles. The van der Waals surface area contributed by atoms with Gasteiger partial charge in [-0.05, 0) is 42.8 Å². The number of ether oxygens (including phenoxy) is 2. The van der Waals surface area contributed by atoms with Crippen molar-refractivity contribution in [1.29, 1.82) is 0 Å². The molecule has 4 aromatic rings. The fourth-order valence-electron chi connectivity index (χ4n) is 3.10. The summed E-state index contributed by atoms with van der Waals surface area (Å²) >= 11 is 5.10. The second-order valence-electron chi connectivity index (χ2n) is 6.44. The first kappa shape index (κ1) is 18.3. The average molecular weight is 390 g/mol. The summed E-state index contributed by atoms with van der Waals surface area (Å²) in [7, 11) is 0. The second-order valence-corrected chi connectivity index (χ2v) is 6.91. The van der Waals surface area contributed by atoms with Gasteiger partial charge in [0.2, 0.25) is 0 Å². The highest BCUT2D eigenvalue weighted by molar-refractivity contribution is 7.58. The lowest BCUT2D eigenvalue weighted by Gasteiger charge is -2.12. The number of benzene rings is 3. The lowest BCUT2D eigenvalue weighted by molar-refractivity contribution is 0.280. The van der Waals surface area contributed by atoms with Gasteiger partial charge in [-0.1, -0.05) is 42.5 Å². The predicted octanol–water partition coefficient (Wildman–Crippen LogP) is 4.99. The van der Waals surface area contributed by atoms with E-state index in [-0.39, 0.29) is 0 Å². The molecule has 0 spiro atoms. The zero-order chi connectivity index (χ0) is 19.2. The maximum absolute atomic E-state index is 5.92. The number of hydrogen-bond donors (Lipinski definition) is 0. The van der Waals surface area contributed by atoms with E-state index in [1.807, 2.05) is 72.8 Å². The van der Waals surface area contributed by atoms with Crippen molar-refractivity contribution in [1.82, 2.24) is 9.55 Å². The Kier molecular flexibility index (Phi) is 5.73. The molecular weight excluding hydrogens is 368 g/mol. The largest absolute Gasteiger partial charge is 0.780 e. The van der Waals surface area contributed by atoms with Gasteiger partial charge in [0.25, 0.3) is 0 Å². The van der Waals surface area contributed by atoms with Crippen molar-refractivity contribution in [3.05, 3.63) is 84.7 Å². The molecule has 0 aliphatic rings. The molecule has 28 heavy (non-hydrogen) atoms. The van der Waals surface area contributed by atoms with Crippen LogP contribution in [0.25, 0.3) is 11.0 Å². The van der Waals surface area contributed by atoms with E-state index in [9.17, 15) is 0 Å². The zero-order valence-corrected chi connectivity index (χ0v) is 16.3. The van der Waals surface area contributed by atoms with Gasteiger partial charge in [-0.3, -0.25) is 0 Å². The quantitative estimate of drug-likeness (QED) is 0.314. The fourth-order valence-corrected chi connectivity index (χ4v) is 3.23. The molecule has 4 nitrogen and oxygen atoms in total. The number of imidazole rings is 1. The summed E-state index contributed by atoms with van der Waals surface area (Å²) in [5.41, 5.74) is 2.10. The van der Waals surface area contributed by atoms with E-state index >= 15 is 0 Å². The molecule has 0 fully saturated rings. The van der Waals surface area contributed by atoms with Crippen LogP contribution in [0, 0.1) is 0 Å². The second kappa shape index (κ2) is 8.76. The third-order valence-corrected chi connectivity index (χ3v) is 4.74. The summed E-state index contributed by atoms with van der Waals surface area (Å²) in [6, 6.07) is 25.6. The molecule has 0 N–H and O–H groups in total. The number of hydrogen-bond acceptors (Lipinski definition) is 4. The Balaban J connectivity index is 1.43. The predicted molar refractivity (Wildman–Crippen MR) is 113 cm³/mol. The van der Waals surface area contributed by atoms with Crippen molar-refractivity contribution in [2.75, 3.05) is 6.61 Å². The van der Waals surface area contributed by atoms with Crippen molar-refractivity contribution in [2.24, 2.45) is 0 Å². The van der Waals surface area contributed by atoms with Crippen LogP contribution >= 0.6 is 0 Å². The lowest BCUT2D eigenvalue weighted by Crippen LogP contribution is -2.10. The minimum absolute atomic E-state index is 0.430. The summed E-state index contributed by atoms with van der Waals surface area (Å²) in [4.78, 5) is 5.58. The Bertz CT molecular complexity index is 1030. The zero-order valence-electron chi connectivity index (χ0n) is 15.5. The standard InChI is InChI=1S/C23H22N2O2S/c28-20-13-11-19(12-14-20)26-16-6-15-25-22-10-5-4-9-21(22)24-23(25)17-27-18-7-2-1-3-8-18/h1-5,7-14,28H,6,15-17H2/p-1. The third kappa shape index (κ3) is 4.43. The number of para-hydroxylation sites is 3. The van der Waals surface area contributed by atoms with Crippen LogP contribution in [0.5, 0.6) is 11.5 Å². The molecule has 0 saturated heterocycles. The number of aryl methyl sites for hydroxylation is 1. The first-order valence-electron chi connectivity index (χ1n) is 9.31. The molecule has 0 unspecified atom stereocenters. The molecule has 0 aliphatic heterocycles. The lowest BCUT2D eigenvalue weighted by atomic mass is 10.3. The van der Waals surface area contributed by atoms with Gasteiger partial charge in [0.15, 0.2) is 0 Å². The summed E-state index contributed by atoms with van der Waals surface area (Å²) < 4.78 is 14.0. The molecular formula is C23H21N2O2S-. The van der Waals surface area contributed by atoms with Gasteiger partial charge in [0, 0.05) is 6.54 Å². The van der Waals surface area contributed by atoms with Gasteiger partial charge >= 0.3 is 0 Å². The monoisotopic (exact) mass is 389 g/mol. The van der Waals surface area contributed by atoms with Crippen molar-refractivity contribution in [2.45, 2.75) is 24.5 Å². The van der Waals surface area contributed by atoms with Crippen LogP contribution in [0.4, 0.5) is 0 Å². The first-order valence-corrected chi connectivity index (χ1v) is 9.72. The van der Waals surface area contributed by atoms with Gasteiger partial charge in [0.1, 0.15) is 23.9 Å². The van der Waals surface area contributed by atoms with Crippen molar-refractivity contribution in [3.8, 4) is 11.5 Å². The van der Waals surface area contributed by atoms with Crippen LogP contribution < -0.4 is 9.47 Å². The summed E-state index contributed by atoms with van der Waals surface area (Å²) in [5, 5.41) is 0. The smallest absolute Gasteiger partial charge is 0.147 e. The summed E-state index contributed by atoms with van der Waals surface area (Å²) in [6.45, 7) is 1.87. The minimum atomic E-state index is 0.430. The molecule has 0 bridgehead atoms. The van der Waals surface area contributed by atoms with Gasteiger partial charge in [-0.15, -0.1) is 0 Å². The van der Waals surface area contributed by atoms with Gasteiger partial charge in [-0.25, -0.2) is 4.98 Å². The number of fused-ring (bicyclic) bond motifs is 1. The maximum atomic E-state index is 5.92. The number of aromatic nitrogens is 2. The van der Waals surface area contributed by atoms with Crippen LogP contribution in [0.1, 0.15) is 12.2 Å². The van der Waals surface area contributed by atoms with E-state index < -0.39 is 0 Å². The van der Waals surface area contributed by atoms with Crippen LogP contribution in [-0.4, -0.2) is 16.2 Å². The molecule has 1 heterocycles. The van der Waals surface area contributed by atoms with Crippen LogP contribution in [0.3, 0.4) is 0 Å². The van der Waals surface area contributed by atoms with Crippen LogP contribution in [0.15, 0.2) is 83.8 Å². The molecule has 142 valence electrons. The average Bonchev–Trinajstić information content (AvgIpc) is 3.09. The molecule has 0 atom stereocenters. The van der Waals surface area contributed by atoms with Crippen molar-refractivity contribution >= 4 is 23.7 Å². The summed E-state index contributed by atoms with van der Waals surface area (Å²) in [5.74, 6) is 2.60. The van der Waals surface area contributed by atoms with Gasteiger partial charge in [0.05, 0.1) is 17.6 Å². The van der Waals surface area contributed by atoms with Crippen molar-refractivity contribution in [3.63, 3.8) is 0 Å². The maximum Gasteiger partial charge on any atom is 0.147 e. The minimum Gasteiger partial charge on any atom is -0.780 e. The molecule has 0 saturated carbocycles. The molecule has 1 aromatic heterocycles.